The van der Waals surface area contributed by atoms with E-state index in [-0.39, 0.29) is 17.6 Å². The standard InChI is InChI=1S/C28H34N8O2/c1-4-36(20-8-6-5-7-9-20)16-25(28(38)31-3)35-27(37)18-10-11-22-19(12-18)13-23(34-22)21(14-26(29)30)24-15-32-17(2)33-24/h5-14,25,34H,4,15-16,29-30H2,1-3H3,(H,31,38)(H,32,33)(H,35,37)/b24-21-. The summed E-state index contributed by atoms with van der Waals surface area (Å²) in [5, 5.41) is 9.65. The Kier molecular flexibility index (Phi) is 8.00. The number of amides is 2. The van der Waals surface area contributed by atoms with Gasteiger partial charge >= 0.3 is 0 Å². The van der Waals surface area contributed by atoms with Crippen molar-refractivity contribution in [3.05, 3.63) is 83.4 Å². The van der Waals surface area contributed by atoms with Gasteiger partial charge in [-0.3, -0.25) is 14.6 Å². The quantitative estimate of drug-likeness (QED) is 0.257. The molecular weight excluding hydrogens is 480 g/mol. The van der Waals surface area contributed by atoms with Crippen molar-refractivity contribution in [2.75, 3.05) is 31.6 Å². The monoisotopic (exact) mass is 514 g/mol. The SMILES string of the molecule is CCN(CC(NC(=O)c1ccc2[nH]c(/C(C=C(N)N)=C3/CN=C(C)N3)cc2c1)C(=O)NC)c1ccccc1. The number of rotatable bonds is 9. The minimum absolute atomic E-state index is 0.175. The molecule has 1 aromatic heterocycles. The van der Waals surface area contributed by atoms with Crippen molar-refractivity contribution in [1.29, 1.82) is 0 Å². The molecule has 198 valence electrons. The average molecular weight is 515 g/mol. The van der Waals surface area contributed by atoms with Crippen LogP contribution in [0.25, 0.3) is 16.5 Å². The number of H-pyrrole nitrogens is 1. The zero-order valence-corrected chi connectivity index (χ0v) is 21.8. The molecule has 3 aromatic rings. The number of nitrogens with two attached hydrogens (primary N) is 2. The number of nitrogens with zero attached hydrogens (tertiary/aromatic N) is 2. The summed E-state index contributed by atoms with van der Waals surface area (Å²) in [7, 11) is 1.56. The second-order valence-corrected chi connectivity index (χ2v) is 9.06. The molecule has 0 radical (unpaired) electrons. The molecule has 0 saturated carbocycles. The summed E-state index contributed by atoms with van der Waals surface area (Å²) in [4.78, 5) is 35.8. The first-order valence-electron chi connectivity index (χ1n) is 12.5. The number of aromatic nitrogens is 1. The van der Waals surface area contributed by atoms with Crippen LogP contribution in [-0.2, 0) is 4.79 Å². The first-order chi connectivity index (χ1) is 18.3. The number of hydrogen-bond donors (Lipinski definition) is 6. The third-order valence-electron chi connectivity index (χ3n) is 6.39. The highest BCUT2D eigenvalue weighted by molar-refractivity contribution is 6.01. The number of likely N-dealkylation sites (N-methyl/N-ethyl adjacent to an activating group) is 2. The Hall–Kier alpha value is -4.73. The lowest BCUT2D eigenvalue weighted by Crippen LogP contribution is -2.52. The highest BCUT2D eigenvalue weighted by Gasteiger charge is 2.24. The van der Waals surface area contributed by atoms with Gasteiger partial charge < -0.3 is 37.3 Å². The van der Waals surface area contributed by atoms with Gasteiger partial charge in [-0.25, -0.2) is 0 Å². The fraction of sp³-hybridized carbons (Fsp3) is 0.250. The molecule has 4 rings (SSSR count). The smallest absolute Gasteiger partial charge is 0.252 e. The molecule has 8 N–H and O–H groups in total. The van der Waals surface area contributed by atoms with Crippen LogP contribution in [0.15, 0.2) is 77.2 Å². The summed E-state index contributed by atoms with van der Waals surface area (Å²) in [6.45, 7) is 5.42. The van der Waals surface area contributed by atoms with Crippen molar-refractivity contribution in [2.24, 2.45) is 16.5 Å². The van der Waals surface area contributed by atoms with Gasteiger partial charge in [0.2, 0.25) is 5.91 Å². The number of nitrogens with one attached hydrogen (secondary N) is 4. The number of allylic oxidation sites excluding steroid dienone is 2. The Balaban J connectivity index is 1.58. The number of aliphatic imine (C=N–C) groups is 1. The number of carbonyl (C=O) groups is 2. The van der Waals surface area contributed by atoms with Crippen molar-refractivity contribution in [1.82, 2.24) is 20.9 Å². The maximum absolute atomic E-state index is 13.3. The van der Waals surface area contributed by atoms with E-state index in [2.05, 4.69) is 30.8 Å². The number of aromatic amines is 1. The van der Waals surface area contributed by atoms with Gasteiger partial charge in [-0.15, -0.1) is 0 Å². The lowest BCUT2D eigenvalue weighted by Gasteiger charge is -2.28. The molecule has 0 saturated heterocycles. The van der Waals surface area contributed by atoms with Gasteiger partial charge in [-0.05, 0) is 56.3 Å². The van der Waals surface area contributed by atoms with Gasteiger partial charge in [0, 0.05) is 59.3 Å². The molecule has 0 spiro atoms. The van der Waals surface area contributed by atoms with Gasteiger partial charge in [0.1, 0.15) is 6.04 Å². The fourth-order valence-corrected chi connectivity index (χ4v) is 4.45. The van der Waals surface area contributed by atoms with Crippen molar-refractivity contribution < 1.29 is 9.59 Å². The first kappa shape index (κ1) is 26.3. The molecule has 1 unspecified atom stereocenters. The van der Waals surface area contributed by atoms with Gasteiger partial charge in [-0.1, -0.05) is 18.2 Å². The molecule has 1 atom stereocenters. The van der Waals surface area contributed by atoms with Crippen LogP contribution in [0.2, 0.25) is 0 Å². The largest absolute Gasteiger partial charge is 0.386 e. The van der Waals surface area contributed by atoms with Crippen molar-refractivity contribution >= 4 is 39.8 Å². The molecule has 1 aliphatic heterocycles. The summed E-state index contributed by atoms with van der Waals surface area (Å²) in [6, 6.07) is 16.4. The van der Waals surface area contributed by atoms with E-state index in [4.69, 9.17) is 11.5 Å². The molecule has 2 heterocycles. The topological polar surface area (TPSA) is 154 Å². The van der Waals surface area contributed by atoms with Crippen molar-refractivity contribution in [2.45, 2.75) is 19.9 Å². The van der Waals surface area contributed by atoms with Gasteiger partial charge in [0.05, 0.1) is 18.2 Å². The van der Waals surface area contributed by atoms with Crippen molar-refractivity contribution in [3.8, 4) is 0 Å². The van der Waals surface area contributed by atoms with E-state index in [0.29, 0.717) is 25.2 Å². The number of para-hydroxylation sites is 1. The Morgan fingerprint density at radius 3 is 2.55 bits per heavy atom. The van der Waals surface area contributed by atoms with Crippen LogP contribution in [0.5, 0.6) is 0 Å². The molecule has 0 fully saturated rings. The molecule has 2 aromatic carbocycles. The van der Waals surface area contributed by atoms with Crippen LogP contribution >= 0.6 is 0 Å². The fourth-order valence-electron chi connectivity index (χ4n) is 4.45. The number of anilines is 1. The normalized spacial score (nSPS) is 14.8. The van der Waals surface area contributed by atoms with Gasteiger partial charge in [-0.2, -0.15) is 0 Å². The number of carbonyl (C=O) groups excluding carboxylic acids is 2. The molecule has 0 bridgehead atoms. The van der Waals surface area contributed by atoms with Gasteiger partial charge in [0.15, 0.2) is 0 Å². The Labute approximate surface area is 221 Å². The molecule has 10 heteroatoms. The molecule has 1 aliphatic rings. The highest BCUT2D eigenvalue weighted by Crippen LogP contribution is 2.26. The number of benzene rings is 2. The summed E-state index contributed by atoms with van der Waals surface area (Å²) in [6.07, 6.45) is 1.69. The average Bonchev–Trinajstić information content (AvgIpc) is 3.55. The third-order valence-corrected chi connectivity index (χ3v) is 6.39. The Bertz CT molecular complexity index is 1420. The van der Waals surface area contributed by atoms with Crippen LogP contribution in [0.4, 0.5) is 5.69 Å². The number of amidine groups is 1. The first-order valence-corrected chi connectivity index (χ1v) is 12.5. The van der Waals surface area contributed by atoms with Crippen LogP contribution in [0.1, 0.15) is 29.9 Å². The third kappa shape index (κ3) is 5.97. The Morgan fingerprint density at radius 1 is 1.16 bits per heavy atom. The predicted molar refractivity (Wildman–Crippen MR) is 152 cm³/mol. The molecule has 0 aliphatic carbocycles. The molecule has 2 amide bonds. The van der Waals surface area contributed by atoms with Gasteiger partial charge in [0.25, 0.3) is 5.91 Å². The Morgan fingerprint density at radius 2 is 1.92 bits per heavy atom. The minimum atomic E-state index is -0.740. The molecular formula is C28H34N8O2. The van der Waals surface area contributed by atoms with Crippen LogP contribution in [0, 0.1) is 0 Å². The summed E-state index contributed by atoms with van der Waals surface area (Å²) in [5.74, 6) is 0.394. The summed E-state index contributed by atoms with van der Waals surface area (Å²) in [5.41, 5.74) is 16.3. The predicted octanol–water partition coefficient (Wildman–Crippen LogP) is 2.03. The van der Waals surface area contributed by atoms with E-state index in [9.17, 15) is 9.59 Å². The van der Waals surface area contributed by atoms with Crippen LogP contribution < -0.4 is 32.3 Å². The maximum atomic E-state index is 13.3. The van der Waals surface area contributed by atoms with E-state index in [1.807, 2.05) is 56.3 Å². The zero-order valence-electron chi connectivity index (χ0n) is 21.8. The summed E-state index contributed by atoms with van der Waals surface area (Å²) < 4.78 is 0. The van der Waals surface area contributed by atoms with E-state index >= 15 is 0 Å². The summed E-state index contributed by atoms with van der Waals surface area (Å²) >= 11 is 0. The van der Waals surface area contributed by atoms with E-state index in [0.717, 1.165) is 39.4 Å². The highest BCUT2D eigenvalue weighted by atomic mass is 16.2. The lowest BCUT2D eigenvalue weighted by molar-refractivity contribution is -0.122. The van der Waals surface area contributed by atoms with Crippen molar-refractivity contribution in [3.63, 3.8) is 0 Å². The number of fused-ring (bicyclic) bond motifs is 1. The minimum Gasteiger partial charge on any atom is -0.386 e. The van der Waals surface area contributed by atoms with Crippen LogP contribution in [-0.4, -0.2) is 55.4 Å². The maximum Gasteiger partial charge on any atom is 0.252 e. The molecule has 10 nitrogen and oxygen atoms in total. The second-order valence-electron chi connectivity index (χ2n) is 9.06. The second kappa shape index (κ2) is 11.5. The number of hydrogen-bond acceptors (Lipinski definition) is 7. The van der Waals surface area contributed by atoms with E-state index in [1.54, 1.807) is 25.3 Å². The van der Waals surface area contributed by atoms with Crippen LogP contribution in [0.3, 0.4) is 0 Å². The lowest BCUT2D eigenvalue weighted by atomic mass is 10.1. The van der Waals surface area contributed by atoms with E-state index in [1.165, 1.54) is 0 Å². The zero-order chi connectivity index (χ0) is 27.2. The van der Waals surface area contributed by atoms with E-state index < -0.39 is 6.04 Å². The molecule has 38 heavy (non-hydrogen) atoms.